The van der Waals surface area contributed by atoms with Gasteiger partial charge in [0, 0.05) is 5.02 Å². The topological polar surface area (TPSA) is 47.6 Å². The monoisotopic (exact) mass is 347 g/mol. The number of rotatable bonds is 7. The molecule has 0 fully saturated rings. The lowest BCUT2D eigenvalue weighted by molar-refractivity contribution is -0.127. The predicted octanol–water partition coefficient (Wildman–Crippen LogP) is 4.38. The Bertz CT molecular complexity index is 655. The van der Waals surface area contributed by atoms with E-state index in [-0.39, 0.29) is 11.9 Å². The number of halogens is 1. The fraction of sp³-hybridized carbons (Fsp3) is 0.316. The lowest BCUT2D eigenvalue weighted by Gasteiger charge is -2.19. The largest absolute Gasteiger partial charge is 0.494 e. The summed E-state index contributed by atoms with van der Waals surface area (Å²) in [6, 6.07) is 14.5. The Hall–Kier alpha value is -2.20. The second-order valence-corrected chi connectivity index (χ2v) is 5.88. The Morgan fingerprint density at radius 1 is 1.04 bits per heavy atom. The summed E-state index contributed by atoms with van der Waals surface area (Å²) in [5.41, 5.74) is 1.01. The van der Waals surface area contributed by atoms with Crippen LogP contribution in [0, 0.1) is 0 Å². The van der Waals surface area contributed by atoms with Crippen LogP contribution in [0.4, 0.5) is 0 Å². The highest BCUT2D eigenvalue weighted by Crippen LogP contribution is 2.19. The molecule has 2 aromatic rings. The molecule has 0 saturated carbocycles. The van der Waals surface area contributed by atoms with Gasteiger partial charge < -0.3 is 14.8 Å². The molecule has 0 unspecified atom stereocenters. The van der Waals surface area contributed by atoms with Gasteiger partial charge in [0.1, 0.15) is 11.5 Å². The Morgan fingerprint density at radius 2 is 1.62 bits per heavy atom. The summed E-state index contributed by atoms with van der Waals surface area (Å²) in [4.78, 5) is 12.3. The minimum atomic E-state index is -0.601. The van der Waals surface area contributed by atoms with Crippen LogP contribution in [0.1, 0.15) is 32.4 Å². The molecule has 0 bridgehead atoms. The van der Waals surface area contributed by atoms with Gasteiger partial charge in [0.2, 0.25) is 0 Å². The van der Waals surface area contributed by atoms with E-state index in [4.69, 9.17) is 21.1 Å². The van der Waals surface area contributed by atoms with Crippen molar-refractivity contribution in [2.45, 2.75) is 32.9 Å². The van der Waals surface area contributed by atoms with E-state index < -0.39 is 6.10 Å². The molecule has 2 rings (SSSR count). The predicted molar refractivity (Wildman–Crippen MR) is 95.7 cm³/mol. The molecule has 1 N–H and O–H groups in total. The van der Waals surface area contributed by atoms with E-state index in [1.807, 2.05) is 38.1 Å². The SMILES string of the molecule is CCOc1ccc([C@@H](C)NC(=O)[C@@H](C)Oc2ccc(Cl)cc2)cc1. The zero-order chi connectivity index (χ0) is 17.5. The maximum atomic E-state index is 12.3. The van der Waals surface area contributed by atoms with Crippen molar-refractivity contribution >= 4 is 17.5 Å². The summed E-state index contributed by atoms with van der Waals surface area (Å²) in [7, 11) is 0. The maximum absolute atomic E-state index is 12.3. The molecule has 5 heteroatoms. The fourth-order valence-corrected chi connectivity index (χ4v) is 2.33. The Balaban J connectivity index is 1.91. The Labute approximate surface area is 147 Å². The van der Waals surface area contributed by atoms with Crippen molar-refractivity contribution in [3.8, 4) is 11.5 Å². The zero-order valence-corrected chi connectivity index (χ0v) is 14.8. The van der Waals surface area contributed by atoms with Crippen LogP contribution in [-0.4, -0.2) is 18.6 Å². The molecular formula is C19H22ClNO3. The fourth-order valence-electron chi connectivity index (χ4n) is 2.20. The highest BCUT2D eigenvalue weighted by atomic mass is 35.5. The molecular weight excluding hydrogens is 326 g/mol. The van der Waals surface area contributed by atoms with E-state index in [0.29, 0.717) is 17.4 Å². The molecule has 1 amide bonds. The molecule has 2 aromatic carbocycles. The molecule has 0 heterocycles. The number of nitrogens with one attached hydrogen (secondary N) is 1. The first-order valence-electron chi connectivity index (χ1n) is 7.95. The third-order valence-corrected chi connectivity index (χ3v) is 3.80. The van der Waals surface area contributed by atoms with Crippen molar-refractivity contribution in [1.29, 1.82) is 0 Å². The minimum Gasteiger partial charge on any atom is -0.494 e. The second-order valence-electron chi connectivity index (χ2n) is 5.45. The van der Waals surface area contributed by atoms with Gasteiger partial charge >= 0.3 is 0 Å². The summed E-state index contributed by atoms with van der Waals surface area (Å²) in [5.74, 6) is 1.25. The number of amides is 1. The van der Waals surface area contributed by atoms with Crippen LogP contribution in [0.2, 0.25) is 5.02 Å². The van der Waals surface area contributed by atoms with E-state index in [1.165, 1.54) is 0 Å². The standard InChI is InChI=1S/C19H22ClNO3/c1-4-23-17-9-5-15(6-10-17)13(2)21-19(22)14(3)24-18-11-7-16(20)8-12-18/h5-14H,4H2,1-3H3,(H,21,22)/t13-,14-/m1/s1. The van der Waals surface area contributed by atoms with Gasteiger partial charge in [-0.1, -0.05) is 23.7 Å². The van der Waals surface area contributed by atoms with Crippen LogP contribution >= 0.6 is 11.6 Å². The molecule has 0 aliphatic heterocycles. The quantitative estimate of drug-likeness (QED) is 0.808. The number of ether oxygens (including phenoxy) is 2. The van der Waals surface area contributed by atoms with E-state index in [9.17, 15) is 4.79 Å². The number of carbonyl (C=O) groups is 1. The van der Waals surface area contributed by atoms with Crippen LogP contribution in [0.5, 0.6) is 11.5 Å². The van der Waals surface area contributed by atoms with Crippen molar-refractivity contribution in [3.05, 3.63) is 59.1 Å². The van der Waals surface area contributed by atoms with Crippen LogP contribution in [-0.2, 0) is 4.79 Å². The van der Waals surface area contributed by atoms with E-state index in [0.717, 1.165) is 11.3 Å². The summed E-state index contributed by atoms with van der Waals surface area (Å²) in [6.45, 7) is 6.22. The first-order chi connectivity index (χ1) is 11.5. The second kappa shape index (κ2) is 8.60. The van der Waals surface area contributed by atoms with Crippen molar-refractivity contribution in [3.63, 3.8) is 0 Å². The lowest BCUT2D eigenvalue weighted by atomic mass is 10.1. The Morgan fingerprint density at radius 3 is 2.21 bits per heavy atom. The molecule has 128 valence electrons. The smallest absolute Gasteiger partial charge is 0.261 e. The minimum absolute atomic E-state index is 0.121. The summed E-state index contributed by atoms with van der Waals surface area (Å²) >= 11 is 5.83. The maximum Gasteiger partial charge on any atom is 0.261 e. The first-order valence-corrected chi connectivity index (χ1v) is 8.32. The molecule has 0 aromatic heterocycles. The average molecular weight is 348 g/mol. The van der Waals surface area contributed by atoms with Gasteiger partial charge in [-0.2, -0.15) is 0 Å². The van der Waals surface area contributed by atoms with Crippen molar-refractivity contribution in [2.75, 3.05) is 6.61 Å². The molecule has 2 atom stereocenters. The van der Waals surface area contributed by atoms with Crippen molar-refractivity contribution in [2.24, 2.45) is 0 Å². The molecule has 0 spiro atoms. The van der Waals surface area contributed by atoms with Gasteiger partial charge in [-0.15, -0.1) is 0 Å². The lowest BCUT2D eigenvalue weighted by Crippen LogP contribution is -2.37. The van der Waals surface area contributed by atoms with Crippen LogP contribution in [0.3, 0.4) is 0 Å². The van der Waals surface area contributed by atoms with Crippen LogP contribution in [0.15, 0.2) is 48.5 Å². The highest BCUT2D eigenvalue weighted by Gasteiger charge is 2.17. The Kier molecular flexibility index (Phi) is 6.50. The number of benzene rings is 2. The van der Waals surface area contributed by atoms with Crippen LogP contribution in [0.25, 0.3) is 0 Å². The normalized spacial score (nSPS) is 13.0. The third-order valence-electron chi connectivity index (χ3n) is 3.55. The molecule has 0 aliphatic rings. The van der Waals surface area contributed by atoms with Gasteiger partial charge in [0.05, 0.1) is 12.6 Å². The van der Waals surface area contributed by atoms with Gasteiger partial charge in [0.25, 0.3) is 5.91 Å². The summed E-state index contributed by atoms with van der Waals surface area (Å²) in [5, 5.41) is 3.58. The molecule has 0 saturated heterocycles. The van der Waals surface area contributed by atoms with Crippen LogP contribution < -0.4 is 14.8 Å². The zero-order valence-electron chi connectivity index (χ0n) is 14.1. The van der Waals surface area contributed by atoms with E-state index in [2.05, 4.69) is 5.32 Å². The van der Waals surface area contributed by atoms with Gasteiger partial charge in [0.15, 0.2) is 6.10 Å². The summed E-state index contributed by atoms with van der Waals surface area (Å²) < 4.78 is 11.0. The third kappa shape index (κ3) is 5.17. The summed E-state index contributed by atoms with van der Waals surface area (Å²) in [6.07, 6.45) is -0.601. The molecule has 4 nitrogen and oxygen atoms in total. The number of hydrogen-bond acceptors (Lipinski definition) is 3. The number of hydrogen-bond donors (Lipinski definition) is 1. The average Bonchev–Trinajstić information content (AvgIpc) is 2.57. The van der Waals surface area contributed by atoms with Crippen molar-refractivity contribution < 1.29 is 14.3 Å². The van der Waals surface area contributed by atoms with E-state index in [1.54, 1.807) is 31.2 Å². The highest BCUT2D eigenvalue weighted by molar-refractivity contribution is 6.30. The van der Waals surface area contributed by atoms with Gasteiger partial charge in [-0.05, 0) is 62.7 Å². The van der Waals surface area contributed by atoms with Crippen molar-refractivity contribution in [1.82, 2.24) is 5.32 Å². The first kappa shape index (κ1) is 18.1. The van der Waals surface area contributed by atoms with Gasteiger partial charge in [-0.3, -0.25) is 4.79 Å². The molecule has 0 radical (unpaired) electrons. The van der Waals surface area contributed by atoms with Gasteiger partial charge in [-0.25, -0.2) is 0 Å². The van der Waals surface area contributed by atoms with E-state index >= 15 is 0 Å². The molecule has 24 heavy (non-hydrogen) atoms. The molecule has 0 aliphatic carbocycles. The number of carbonyl (C=O) groups excluding carboxylic acids is 1.